The van der Waals surface area contributed by atoms with Crippen LogP contribution in [0.1, 0.15) is 21.5 Å². The van der Waals surface area contributed by atoms with Crippen molar-refractivity contribution in [1.82, 2.24) is 9.78 Å². The van der Waals surface area contributed by atoms with Gasteiger partial charge in [-0.25, -0.2) is 0 Å². The maximum atomic E-state index is 12.5. The van der Waals surface area contributed by atoms with Crippen molar-refractivity contribution in [2.45, 2.75) is 23.3 Å². The Kier molecular flexibility index (Phi) is 4.66. The highest BCUT2D eigenvalue weighted by atomic mass is 32.2. The Balaban J connectivity index is 1.83. The average molecular weight is 371 g/mol. The van der Waals surface area contributed by atoms with E-state index >= 15 is 0 Å². The lowest BCUT2D eigenvalue weighted by atomic mass is 10.2. The number of rotatable bonds is 4. The van der Waals surface area contributed by atoms with Gasteiger partial charge in [0.05, 0.1) is 16.0 Å². The van der Waals surface area contributed by atoms with Gasteiger partial charge in [0.25, 0.3) is 0 Å². The predicted octanol–water partition coefficient (Wildman–Crippen LogP) is 3.28. The van der Waals surface area contributed by atoms with Crippen LogP contribution in [0.2, 0.25) is 0 Å². The summed E-state index contributed by atoms with van der Waals surface area (Å²) in [6, 6.07) is 7.30. The zero-order valence-electron chi connectivity index (χ0n) is 13.1. The van der Waals surface area contributed by atoms with E-state index < -0.39 is 10.1 Å². The molecule has 1 aromatic carbocycles. The molecular weight excluding hydrogens is 352 g/mol. The third-order valence-corrected chi connectivity index (χ3v) is 8.28. The summed E-state index contributed by atoms with van der Waals surface area (Å²) in [4.78, 5) is 0.144. The number of aromatic nitrogens is 2. The molecule has 0 spiro atoms. The van der Waals surface area contributed by atoms with Gasteiger partial charge in [0.1, 0.15) is 10.6 Å². The first-order valence-corrected chi connectivity index (χ1v) is 10.7. The van der Waals surface area contributed by atoms with E-state index in [1.54, 1.807) is 37.7 Å². The summed E-state index contributed by atoms with van der Waals surface area (Å²) in [6.45, 7) is 3.38. The molecule has 2 heterocycles. The lowest BCUT2D eigenvalue weighted by Crippen LogP contribution is -2.12. The van der Waals surface area contributed by atoms with Gasteiger partial charge in [-0.05, 0) is 31.5 Å². The Morgan fingerprint density at radius 1 is 1.17 bits per heavy atom. The molecule has 1 aromatic heterocycles. The molecule has 0 unspecified atom stereocenters. The smallest absolute Gasteiger partial charge is 0.342 e. The summed E-state index contributed by atoms with van der Waals surface area (Å²) >= 11 is 3.82. The molecule has 0 aliphatic carbocycles. The molecule has 124 valence electrons. The molecule has 3 rings (SSSR count). The molecule has 1 aliphatic heterocycles. The number of hydrogen-bond acceptors (Lipinski definition) is 6. The number of aryl methyl sites for hydroxylation is 2. The number of nitrogens with zero attached hydrogens (tertiary/aromatic N) is 2. The normalized spacial score (nSPS) is 16.0. The van der Waals surface area contributed by atoms with Crippen LogP contribution in [0.3, 0.4) is 0 Å². The molecule has 0 amide bonds. The predicted molar refractivity (Wildman–Crippen MR) is 94.6 cm³/mol. The third-order valence-electron chi connectivity index (χ3n) is 3.67. The summed E-state index contributed by atoms with van der Waals surface area (Å²) in [7, 11) is -2.16. The van der Waals surface area contributed by atoms with Crippen LogP contribution in [0.25, 0.3) is 0 Å². The number of thioether (sulfide) groups is 2. The first kappa shape index (κ1) is 16.7. The van der Waals surface area contributed by atoms with Crippen molar-refractivity contribution < 1.29 is 12.6 Å². The zero-order chi connectivity index (χ0) is 16.6. The summed E-state index contributed by atoms with van der Waals surface area (Å²) in [5.74, 6) is 2.63. The minimum Gasteiger partial charge on any atom is -0.379 e. The lowest BCUT2D eigenvalue weighted by Gasteiger charge is -2.10. The average Bonchev–Trinajstić information content (AvgIpc) is 3.09. The Labute approximate surface area is 144 Å². The van der Waals surface area contributed by atoms with Gasteiger partial charge in [0.15, 0.2) is 0 Å². The van der Waals surface area contributed by atoms with Crippen LogP contribution in [0.5, 0.6) is 5.75 Å². The van der Waals surface area contributed by atoms with Crippen LogP contribution in [0.15, 0.2) is 29.2 Å². The molecule has 1 saturated heterocycles. The number of hydrogen-bond donors (Lipinski definition) is 0. The lowest BCUT2D eigenvalue weighted by molar-refractivity contribution is 0.484. The van der Waals surface area contributed by atoms with Gasteiger partial charge in [-0.2, -0.15) is 13.5 Å². The standard InChI is InChI=1S/C15H18N2O3S3/c1-10-14(11(2)17(3)16-10)23(18,19)20-13-6-4-12(5-7-13)15-21-8-9-22-15/h4-7,15H,8-9H2,1-3H3. The highest BCUT2D eigenvalue weighted by Gasteiger charge is 2.26. The zero-order valence-corrected chi connectivity index (χ0v) is 15.6. The van der Waals surface area contributed by atoms with Gasteiger partial charge in [0.2, 0.25) is 0 Å². The summed E-state index contributed by atoms with van der Waals surface area (Å²) in [5.41, 5.74) is 2.20. The van der Waals surface area contributed by atoms with Gasteiger partial charge >= 0.3 is 10.1 Å². The quantitative estimate of drug-likeness (QED) is 0.770. The molecule has 0 radical (unpaired) electrons. The molecule has 0 saturated carbocycles. The van der Waals surface area contributed by atoms with E-state index in [1.165, 1.54) is 5.56 Å². The first-order valence-electron chi connectivity index (χ1n) is 7.16. The van der Waals surface area contributed by atoms with Crippen molar-refractivity contribution in [3.05, 3.63) is 41.2 Å². The van der Waals surface area contributed by atoms with Crippen molar-refractivity contribution in [1.29, 1.82) is 0 Å². The Bertz CT molecular complexity index is 807. The van der Waals surface area contributed by atoms with E-state index in [9.17, 15) is 8.42 Å². The fourth-order valence-electron chi connectivity index (χ4n) is 2.52. The maximum Gasteiger partial charge on any atom is 0.342 e. The molecule has 5 nitrogen and oxygen atoms in total. The van der Waals surface area contributed by atoms with Gasteiger partial charge in [0, 0.05) is 18.6 Å². The largest absolute Gasteiger partial charge is 0.379 e. The molecule has 0 N–H and O–H groups in total. The van der Waals surface area contributed by atoms with Gasteiger partial charge in [-0.15, -0.1) is 23.5 Å². The van der Waals surface area contributed by atoms with Crippen molar-refractivity contribution >= 4 is 33.6 Å². The molecule has 1 fully saturated rings. The molecule has 8 heteroatoms. The van der Waals surface area contributed by atoms with Crippen LogP contribution in [-0.4, -0.2) is 29.7 Å². The van der Waals surface area contributed by atoms with Crippen LogP contribution in [0.4, 0.5) is 0 Å². The SMILES string of the molecule is Cc1nn(C)c(C)c1S(=O)(=O)Oc1ccc(C2SCCS2)cc1. The summed E-state index contributed by atoms with van der Waals surface area (Å²) in [6.07, 6.45) is 0. The van der Waals surface area contributed by atoms with Crippen molar-refractivity contribution in [2.75, 3.05) is 11.5 Å². The summed E-state index contributed by atoms with van der Waals surface area (Å²) < 4.78 is 32.3. The molecular formula is C15H18N2O3S3. The van der Waals surface area contributed by atoms with E-state index in [0.717, 1.165) is 11.5 Å². The van der Waals surface area contributed by atoms with Crippen molar-refractivity contribution in [3.63, 3.8) is 0 Å². The highest BCUT2D eigenvalue weighted by molar-refractivity contribution is 8.19. The molecule has 2 aromatic rings. The molecule has 23 heavy (non-hydrogen) atoms. The van der Waals surface area contributed by atoms with Crippen LogP contribution in [-0.2, 0) is 17.2 Å². The molecule has 0 bridgehead atoms. The Morgan fingerprint density at radius 3 is 2.30 bits per heavy atom. The Hall–Kier alpha value is -1.12. The third kappa shape index (κ3) is 3.39. The van der Waals surface area contributed by atoms with E-state index in [2.05, 4.69) is 5.10 Å². The fraction of sp³-hybridized carbons (Fsp3) is 0.400. The van der Waals surface area contributed by atoms with Gasteiger partial charge < -0.3 is 4.18 Å². The molecule has 1 aliphatic rings. The maximum absolute atomic E-state index is 12.5. The summed E-state index contributed by atoms with van der Waals surface area (Å²) in [5, 5.41) is 4.14. The minimum atomic E-state index is -3.88. The van der Waals surface area contributed by atoms with Crippen LogP contribution in [0, 0.1) is 13.8 Å². The fourth-order valence-corrected chi connectivity index (χ4v) is 6.72. The van der Waals surface area contributed by atoms with Crippen LogP contribution >= 0.6 is 23.5 Å². The van der Waals surface area contributed by atoms with Crippen LogP contribution < -0.4 is 4.18 Å². The second-order valence-corrected chi connectivity index (χ2v) is 9.51. The van der Waals surface area contributed by atoms with E-state index in [1.807, 2.05) is 35.7 Å². The molecule has 0 atom stereocenters. The van der Waals surface area contributed by atoms with E-state index in [4.69, 9.17) is 4.18 Å². The topological polar surface area (TPSA) is 61.2 Å². The highest BCUT2D eigenvalue weighted by Crippen LogP contribution is 2.45. The van der Waals surface area contributed by atoms with Gasteiger partial charge in [-0.3, -0.25) is 4.68 Å². The van der Waals surface area contributed by atoms with Crippen molar-refractivity contribution in [2.24, 2.45) is 7.05 Å². The monoisotopic (exact) mass is 370 g/mol. The second kappa shape index (κ2) is 6.41. The second-order valence-electron chi connectivity index (χ2n) is 5.30. The Morgan fingerprint density at radius 2 is 1.78 bits per heavy atom. The van der Waals surface area contributed by atoms with Crippen molar-refractivity contribution in [3.8, 4) is 5.75 Å². The minimum absolute atomic E-state index is 0.144. The van der Waals surface area contributed by atoms with E-state index in [-0.39, 0.29) is 4.90 Å². The first-order chi connectivity index (χ1) is 10.9. The van der Waals surface area contributed by atoms with Gasteiger partial charge in [-0.1, -0.05) is 12.1 Å². The number of benzene rings is 1. The van der Waals surface area contributed by atoms with E-state index in [0.29, 0.717) is 21.7 Å².